The predicted octanol–water partition coefficient (Wildman–Crippen LogP) is 10.1. The molecule has 3 aromatic rings. The van der Waals surface area contributed by atoms with Gasteiger partial charge >= 0.3 is 18.3 Å². The minimum atomic E-state index is -4.65. The van der Waals surface area contributed by atoms with Gasteiger partial charge in [0.25, 0.3) is 0 Å². The van der Waals surface area contributed by atoms with Crippen LogP contribution in [0.2, 0.25) is 10.0 Å². The van der Waals surface area contributed by atoms with Crippen molar-refractivity contribution in [1.29, 1.82) is 0 Å². The van der Waals surface area contributed by atoms with Gasteiger partial charge in [-0.05, 0) is 36.6 Å². The Hall–Kier alpha value is -3.33. The van der Waals surface area contributed by atoms with Crippen molar-refractivity contribution in [2.75, 3.05) is 13.2 Å². The largest absolute Gasteiger partial charge is 0.455 e. The summed E-state index contributed by atoms with van der Waals surface area (Å²) in [4.78, 5) is 0. The molecule has 46 heavy (non-hydrogen) atoms. The molecule has 1 fully saturated rings. The van der Waals surface area contributed by atoms with E-state index in [2.05, 4.69) is 14.2 Å². The molecule has 16 heteroatoms. The maximum Gasteiger partial charge on any atom is 0.431 e. The van der Waals surface area contributed by atoms with E-state index in [0.29, 0.717) is 37.3 Å². The monoisotopic (exact) mass is 704 g/mol. The third-order valence-electron chi connectivity index (χ3n) is 6.67. The summed E-state index contributed by atoms with van der Waals surface area (Å²) in [5, 5.41) is -1.92. The molecule has 0 aliphatic carbocycles. The minimum absolute atomic E-state index is 0.133. The molecule has 0 saturated carbocycles. The summed E-state index contributed by atoms with van der Waals surface area (Å²) >= 11 is 11.4. The topological polar surface area (TPSA) is 46.2 Å². The minimum Gasteiger partial charge on any atom is -0.455 e. The van der Waals surface area contributed by atoms with Crippen LogP contribution < -0.4 is 14.2 Å². The van der Waals surface area contributed by atoms with Crippen LogP contribution in [-0.4, -0.2) is 19.5 Å². The number of rotatable bonds is 12. The Morgan fingerprint density at radius 2 is 1.46 bits per heavy atom. The highest BCUT2D eigenvalue weighted by atomic mass is 35.5. The number of benzene rings is 3. The van der Waals surface area contributed by atoms with E-state index in [-0.39, 0.29) is 30.7 Å². The molecule has 250 valence electrons. The van der Waals surface area contributed by atoms with E-state index < -0.39 is 80.5 Å². The van der Waals surface area contributed by atoms with Crippen molar-refractivity contribution < 1.29 is 63.2 Å². The Kier molecular flexibility index (Phi) is 11.3. The van der Waals surface area contributed by atoms with E-state index in [1.54, 1.807) is 0 Å². The lowest BCUT2D eigenvalue weighted by atomic mass is 10.0. The summed E-state index contributed by atoms with van der Waals surface area (Å²) < 4.78 is 152. The van der Waals surface area contributed by atoms with Gasteiger partial charge in [-0.1, -0.05) is 36.2 Å². The Labute approximate surface area is 266 Å². The first-order chi connectivity index (χ1) is 21.6. The second-order valence-electron chi connectivity index (χ2n) is 9.96. The van der Waals surface area contributed by atoms with Gasteiger partial charge in [0.05, 0.1) is 28.8 Å². The fourth-order valence-electron chi connectivity index (χ4n) is 4.32. The molecular weight excluding hydrogens is 682 g/mol. The van der Waals surface area contributed by atoms with E-state index in [1.807, 2.05) is 6.92 Å². The molecule has 0 aromatic heterocycles. The summed E-state index contributed by atoms with van der Waals surface area (Å²) in [7, 11) is 0. The van der Waals surface area contributed by atoms with Crippen LogP contribution >= 0.6 is 23.2 Å². The van der Waals surface area contributed by atoms with Crippen LogP contribution in [0.3, 0.4) is 0 Å². The Morgan fingerprint density at radius 3 is 2.02 bits per heavy atom. The molecule has 1 aliphatic rings. The van der Waals surface area contributed by atoms with Gasteiger partial charge in [-0.3, -0.25) is 0 Å². The van der Waals surface area contributed by atoms with Gasteiger partial charge in [0.2, 0.25) is 0 Å². The van der Waals surface area contributed by atoms with Crippen molar-refractivity contribution >= 4 is 23.2 Å². The van der Waals surface area contributed by atoms with E-state index in [4.69, 9.17) is 32.7 Å². The highest BCUT2D eigenvalue weighted by Gasteiger charge is 2.43. The molecule has 0 unspecified atom stereocenters. The first kappa shape index (κ1) is 35.5. The fraction of sp³-hybridized carbons (Fsp3) is 0.333. The Balaban J connectivity index is 1.46. The summed E-state index contributed by atoms with van der Waals surface area (Å²) in [6.45, 7) is 3.03. The van der Waals surface area contributed by atoms with Crippen molar-refractivity contribution in [1.82, 2.24) is 0 Å². The van der Waals surface area contributed by atoms with Crippen LogP contribution in [0.1, 0.15) is 36.5 Å². The maximum atomic E-state index is 14.9. The second kappa shape index (κ2) is 14.6. The molecule has 0 amide bonds. The number of halogens is 11. The van der Waals surface area contributed by atoms with Gasteiger partial charge in [0.1, 0.15) is 28.7 Å². The third kappa shape index (κ3) is 8.72. The molecule has 1 saturated heterocycles. The number of hydrogen-bond donors (Lipinski definition) is 0. The molecule has 4 rings (SSSR count). The molecule has 0 N–H and O–H groups in total. The molecule has 0 bridgehead atoms. The van der Waals surface area contributed by atoms with Crippen LogP contribution in [0, 0.1) is 23.4 Å². The van der Waals surface area contributed by atoms with Gasteiger partial charge in [0, 0.05) is 30.5 Å². The van der Waals surface area contributed by atoms with E-state index in [1.165, 1.54) is 6.07 Å². The first-order valence-corrected chi connectivity index (χ1v) is 14.2. The summed E-state index contributed by atoms with van der Waals surface area (Å²) in [5.41, 5.74) is -2.52. The SMILES string of the molecule is CCC1COC(CCc2ccc(C(F)(F)Oc3cc(F)c(C(F)(F)Oc4cc(F)c(OC=C(F)F)c(Cl)c4)c(Cl)c3)c(F)c2)OC1. The highest BCUT2D eigenvalue weighted by molar-refractivity contribution is 6.32. The van der Waals surface area contributed by atoms with Crippen LogP contribution in [0.4, 0.5) is 39.5 Å². The standard InChI is InChI=1S/C30H23Cl2F9O5/c1-2-15-12-42-26(43-13-15)6-4-16-3-5-19(22(33)7-16)29(38,39)45-17-8-20(31)27(23(34)10-17)30(40,41)46-18-9-21(32)28(24(35)11-18)44-14-25(36)37/h3,5,7-11,14-15,26H,2,4,6,12-13H2,1H3. The molecule has 5 nitrogen and oxygen atoms in total. The number of alkyl halides is 4. The maximum absolute atomic E-state index is 14.9. The Morgan fingerprint density at radius 1 is 0.848 bits per heavy atom. The highest BCUT2D eigenvalue weighted by Crippen LogP contribution is 2.43. The molecule has 3 aromatic carbocycles. The van der Waals surface area contributed by atoms with E-state index in [0.717, 1.165) is 18.6 Å². The molecule has 1 aliphatic heterocycles. The lowest BCUT2D eigenvalue weighted by Gasteiger charge is -2.28. The molecule has 0 atom stereocenters. The summed E-state index contributed by atoms with van der Waals surface area (Å²) in [6.07, 6.45) is -10.6. The second-order valence-corrected chi connectivity index (χ2v) is 10.8. The van der Waals surface area contributed by atoms with E-state index >= 15 is 0 Å². The molecular formula is C30H23Cl2F9O5. The van der Waals surface area contributed by atoms with Gasteiger partial charge in [-0.2, -0.15) is 26.3 Å². The zero-order chi connectivity index (χ0) is 33.8. The number of ether oxygens (including phenoxy) is 5. The quantitative estimate of drug-likeness (QED) is 0.139. The van der Waals surface area contributed by atoms with Gasteiger partial charge in [-0.25, -0.2) is 13.2 Å². The van der Waals surface area contributed by atoms with Crippen LogP contribution in [0.15, 0.2) is 54.8 Å². The van der Waals surface area contributed by atoms with Crippen LogP contribution in [-0.2, 0) is 28.1 Å². The predicted molar refractivity (Wildman–Crippen MR) is 147 cm³/mol. The Bertz CT molecular complexity index is 1530. The van der Waals surface area contributed by atoms with Crippen molar-refractivity contribution in [3.63, 3.8) is 0 Å². The average molecular weight is 705 g/mol. The lowest BCUT2D eigenvalue weighted by molar-refractivity contribution is -0.202. The number of hydrogen-bond acceptors (Lipinski definition) is 5. The lowest BCUT2D eigenvalue weighted by Crippen LogP contribution is -2.32. The first-order valence-electron chi connectivity index (χ1n) is 13.4. The van der Waals surface area contributed by atoms with Crippen molar-refractivity contribution in [2.45, 2.75) is 44.7 Å². The summed E-state index contributed by atoms with van der Waals surface area (Å²) in [5.74, 6) is -7.45. The van der Waals surface area contributed by atoms with Gasteiger partial charge in [0.15, 0.2) is 24.1 Å². The molecule has 0 radical (unpaired) electrons. The zero-order valence-corrected chi connectivity index (χ0v) is 25.0. The molecule has 0 spiro atoms. The average Bonchev–Trinajstić information content (AvgIpc) is 2.94. The van der Waals surface area contributed by atoms with E-state index in [9.17, 15) is 39.5 Å². The van der Waals surface area contributed by atoms with Crippen LogP contribution in [0.25, 0.3) is 0 Å². The summed E-state index contributed by atoms with van der Waals surface area (Å²) in [6, 6.07) is 4.23. The van der Waals surface area contributed by atoms with Crippen molar-refractivity contribution in [3.05, 3.63) is 99.0 Å². The number of aryl methyl sites for hydroxylation is 1. The molecule has 1 heterocycles. The smallest absolute Gasteiger partial charge is 0.431 e. The zero-order valence-electron chi connectivity index (χ0n) is 23.5. The van der Waals surface area contributed by atoms with Crippen LogP contribution in [0.5, 0.6) is 17.2 Å². The van der Waals surface area contributed by atoms with Crippen molar-refractivity contribution in [3.8, 4) is 17.2 Å². The fourth-order valence-corrected chi connectivity index (χ4v) is 4.87. The third-order valence-corrected chi connectivity index (χ3v) is 7.24. The van der Waals surface area contributed by atoms with Gasteiger partial charge in [-0.15, -0.1) is 0 Å². The van der Waals surface area contributed by atoms with Gasteiger partial charge < -0.3 is 23.7 Å². The normalized spacial score (nSPS) is 17.0. The van der Waals surface area contributed by atoms with Crippen molar-refractivity contribution in [2.24, 2.45) is 5.92 Å².